The Kier molecular flexibility index (Phi) is 3.32. The molecule has 4 heteroatoms. The zero-order valence-electron chi connectivity index (χ0n) is 12.8. The van der Waals surface area contributed by atoms with Gasteiger partial charge in [0.2, 0.25) is 0 Å². The van der Waals surface area contributed by atoms with Crippen molar-refractivity contribution in [3.05, 3.63) is 60.3 Å². The van der Waals surface area contributed by atoms with E-state index in [1.807, 2.05) is 36.5 Å². The van der Waals surface area contributed by atoms with Gasteiger partial charge < -0.3 is 9.64 Å². The Bertz CT molecular complexity index is 905. The van der Waals surface area contributed by atoms with Gasteiger partial charge in [-0.05, 0) is 23.8 Å². The molecule has 0 bridgehead atoms. The molecule has 0 atom stereocenters. The maximum atomic E-state index is 12.0. The summed E-state index contributed by atoms with van der Waals surface area (Å²) in [6, 6.07) is 16.2. The van der Waals surface area contributed by atoms with E-state index >= 15 is 0 Å². The van der Waals surface area contributed by atoms with Crippen LogP contribution in [0.15, 0.2) is 54.7 Å². The van der Waals surface area contributed by atoms with Gasteiger partial charge in [-0.2, -0.15) is 0 Å². The number of rotatable bonds is 1. The average molecular weight is 304 g/mol. The number of pyridine rings is 1. The molecule has 114 valence electrons. The van der Waals surface area contributed by atoms with Crippen LogP contribution in [0.3, 0.4) is 0 Å². The van der Waals surface area contributed by atoms with E-state index in [1.54, 1.807) is 11.9 Å². The predicted octanol–water partition coefficient (Wildman–Crippen LogP) is 3.39. The molecule has 23 heavy (non-hydrogen) atoms. The maximum absolute atomic E-state index is 12.0. The second-order valence-corrected chi connectivity index (χ2v) is 5.67. The zero-order chi connectivity index (χ0) is 15.8. The predicted molar refractivity (Wildman–Crippen MR) is 90.2 cm³/mol. The van der Waals surface area contributed by atoms with E-state index < -0.39 is 0 Å². The Labute approximate surface area is 134 Å². The number of anilines is 1. The van der Waals surface area contributed by atoms with Gasteiger partial charge in [0, 0.05) is 35.4 Å². The molecule has 0 saturated carbocycles. The van der Waals surface area contributed by atoms with Gasteiger partial charge in [0.25, 0.3) is 5.91 Å². The Morgan fingerprint density at radius 3 is 2.87 bits per heavy atom. The molecule has 4 rings (SSSR count). The molecular weight excluding hydrogens is 288 g/mol. The Balaban J connectivity index is 1.90. The summed E-state index contributed by atoms with van der Waals surface area (Å²) in [4.78, 5) is 18.2. The van der Waals surface area contributed by atoms with Crippen molar-refractivity contribution in [3.63, 3.8) is 0 Å². The van der Waals surface area contributed by atoms with E-state index in [2.05, 4.69) is 23.2 Å². The molecule has 4 nitrogen and oxygen atoms in total. The average Bonchev–Trinajstić information content (AvgIpc) is 2.74. The first-order valence-electron chi connectivity index (χ1n) is 7.55. The van der Waals surface area contributed by atoms with Crippen LogP contribution in [-0.4, -0.2) is 24.5 Å². The summed E-state index contributed by atoms with van der Waals surface area (Å²) in [5.74, 6) is -0.0301. The van der Waals surface area contributed by atoms with Crippen molar-refractivity contribution < 1.29 is 9.53 Å². The number of hydrogen-bond donors (Lipinski definition) is 0. The summed E-state index contributed by atoms with van der Waals surface area (Å²) in [7, 11) is 1.79. The molecule has 0 saturated heterocycles. The van der Waals surface area contributed by atoms with E-state index in [9.17, 15) is 4.79 Å². The van der Waals surface area contributed by atoms with E-state index in [4.69, 9.17) is 4.74 Å². The van der Waals surface area contributed by atoms with Gasteiger partial charge in [0.15, 0.2) is 0 Å². The number of carbonyl (C=O) groups excluding carboxylic acids is 1. The van der Waals surface area contributed by atoms with Gasteiger partial charge in [0.05, 0.1) is 12.1 Å². The van der Waals surface area contributed by atoms with Crippen LogP contribution in [0.25, 0.3) is 22.0 Å². The molecule has 2 heterocycles. The minimum atomic E-state index is -0.0301. The first-order valence-corrected chi connectivity index (χ1v) is 7.55. The van der Waals surface area contributed by atoms with Crippen LogP contribution < -0.4 is 4.90 Å². The fourth-order valence-corrected chi connectivity index (χ4v) is 3.00. The molecule has 0 unspecified atom stereocenters. The van der Waals surface area contributed by atoms with E-state index in [0.29, 0.717) is 6.61 Å². The number of carbonyl (C=O) groups is 1. The Morgan fingerprint density at radius 1 is 1.09 bits per heavy atom. The summed E-state index contributed by atoms with van der Waals surface area (Å²) in [5.41, 5.74) is 4.99. The van der Waals surface area contributed by atoms with Gasteiger partial charge >= 0.3 is 0 Å². The van der Waals surface area contributed by atoms with Gasteiger partial charge in [-0.15, -0.1) is 0 Å². The zero-order valence-corrected chi connectivity index (χ0v) is 12.8. The minimum absolute atomic E-state index is 0.0301. The lowest BCUT2D eigenvalue weighted by atomic mass is 9.98. The third kappa shape index (κ3) is 2.37. The van der Waals surface area contributed by atoms with E-state index in [1.165, 1.54) is 0 Å². The maximum Gasteiger partial charge on any atom is 0.252 e. The summed E-state index contributed by atoms with van der Waals surface area (Å²) >= 11 is 0. The first kappa shape index (κ1) is 13.9. The molecule has 0 spiro atoms. The molecule has 1 aliphatic heterocycles. The third-order valence-electron chi connectivity index (χ3n) is 4.26. The molecule has 0 aliphatic carbocycles. The topological polar surface area (TPSA) is 42.4 Å². The second kappa shape index (κ2) is 5.48. The summed E-state index contributed by atoms with van der Waals surface area (Å²) in [6.07, 6.45) is 1.88. The fourth-order valence-electron chi connectivity index (χ4n) is 3.00. The molecule has 1 aliphatic rings. The number of amides is 1. The SMILES string of the molecule is CN1C(=O)COCc2c(-c3cnc4ccccc4c3)cccc21. The first-order chi connectivity index (χ1) is 11.2. The number of aromatic nitrogens is 1. The summed E-state index contributed by atoms with van der Waals surface area (Å²) < 4.78 is 5.54. The van der Waals surface area contributed by atoms with Gasteiger partial charge in [-0.3, -0.25) is 9.78 Å². The largest absolute Gasteiger partial charge is 0.367 e. The van der Waals surface area contributed by atoms with Crippen LogP contribution in [0.5, 0.6) is 0 Å². The van der Waals surface area contributed by atoms with Crippen molar-refractivity contribution >= 4 is 22.5 Å². The molecule has 0 radical (unpaired) electrons. The van der Waals surface area contributed by atoms with Crippen LogP contribution in [0.1, 0.15) is 5.56 Å². The lowest BCUT2D eigenvalue weighted by Gasteiger charge is -2.18. The Hall–Kier alpha value is -2.72. The standard InChI is InChI=1S/C19H16N2O2/c1-21-18-8-4-6-15(16(18)11-23-12-19(21)22)14-9-13-5-2-3-7-17(13)20-10-14/h2-10H,11-12H2,1H3. The highest BCUT2D eigenvalue weighted by molar-refractivity contribution is 5.96. The number of benzene rings is 2. The smallest absolute Gasteiger partial charge is 0.252 e. The fraction of sp³-hybridized carbons (Fsp3) is 0.158. The number of ether oxygens (including phenoxy) is 1. The van der Waals surface area contributed by atoms with Gasteiger partial charge in [-0.1, -0.05) is 30.3 Å². The van der Waals surface area contributed by atoms with Crippen molar-refractivity contribution in [2.75, 3.05) is 18.6 Å². The summed E-state index contributed by atoms with van der Waals surface area (Å²) in [6.45, 7) is 0.537. The highest BCUT2D eigenvalue weighted by Crippen LogP contribution is 2.33. The lowest BCUT2D eigenvalue weighted by molar-refractivity contribution is -0.122. The van der Waals surface area contributed by atoms with Crippen LogP contribution in [0.2, 0.25) is 0 Å². The van der Waals surface area contributed by atoms with Crippen molar-refractivity contribution in [2.45, 2.75) is 6.61 Å². The number of likely N-dealkylation sites (N-methyl/N-ethyl adjacent to an activating group) is 1. The highest BCUT2D eigenvalue weighted by Gasteiger charge is 2.21. The van der Waals surface area contributed by atoms with Crippen LogP contribution in [0.4, 0.5) is 5.69 Å². The number of para-hydroxylation sites is 1. The number of nitrogens with zero attached hydrogens (tertiary/aromatic N) is 2. The number of hydrogen-bond acceptors (Lipinski definition) is 3. The number of fused-ring (bicyclic) bond motifs is 2. The molecule has 0 fully saturated rings. The molecule has 1 aromatic heterocycles. The van der Waals surface area contributed by atoms with Crippen LogP contribution in [-0.2, 0) is 16.1 Å². The van der Waals surface area contributed by atoms with Crippen molar-refractivity contribution in [1.82, 2.24) is 4.98 Å². The lowest BCUT2D eigenvalue weighted by Crippen LogP contribution is -2.28. The van der Waals surface area contributed by atoms with E-state index in [0.717, 1.165) is 33.3 Å². The molecule has 0 N–H and O–H groups in total. The van der Waals surface area contributed by atoms with Crippen LogP contribution >= 0.6 is 0 Å². The quantitative estimate of drug-likeness (QED) is 0.692. The molecule has 2 aromatic carbocycles. The van der Waals surface area contributed by atoms with Crippen molar-refractivity contribution in [2.24, 2.45) is 0 Å². The Morgan fingerprint density at radius 2 is 1.96 bits per heavy atom. The third-order valence-corrected chi connectivity index (χ3v) is 4.26. The van der Waals surface area contributed by atoms with Gasteiger partial charge in [-0.25, -0.2) is 0 Å². The summed E-state index contributed by atoms with van der Waals surface area (Å²) in [5, 5.41) is 1.10. The van der Waals surface area contributed by atoms with Crippen molar-refractivity contribution in [1.29, 1.82) is 0 Å². The van der Waals surface area contributed by atoms with Gasteiger partial charge in [0.1, 0.15) is 6.61 Å². The monoisotopic (exact) mass is 304 g/mol. The molecule has 1 amide bonds. The minimum Gasteiger partial charge on any atom is -0.367 e. The molecular formula is C19H16N2O2. The van der Waals surface area contributed by atoms with Crippen LogP contribution in [0, 0.1) is 0 Å². The normalized spacial score (nSPS) is 14.7. The second-order valence-electron chi connectivity index (χ2n) is 5.67. The van der Waals surface area contributed by atoms with E-state index in [-0.39, 0.29) is 12.5 Å². The molecule has 3 aromatic rings. The van der Waals surface area contributed by atoms with Crippen molar-refractivity contribution in [3.8, 4) is 11.1 Å². The highest BCUT2D eigenvalue weighted by atomic mass is 16.5.